The zero-order valence-corrected chi connectivity index (χ0v) is 14.5. The molecule has 128 valence electrons. The fraction of sp³-hybridized carbons (Fsp3) is 0.176. The zero-order valence-electron chi connectivity index (χ0n) is 12.9. The number of halogens is 1. The van der Waals surface area contributed by atoms with Gasteiger partial charge in [0.15, 0.2) is 12.5 Å². The van der Waals surface area contributed by atoms with Crippen molar-refractivity contribution in [1.29, 1.82) is 0 Å². The van der Waals surface area contributed by atoms with E-state index in [1.165, 1.54) is 23.5 Å². The lowest BCUT2D eigenvalue weighted by atomic mass is 10.1. The Morgan fingerprint density at radius 3 is 3.12 bits per heavy atom. The zero-order chi connectivity index (χ0) is 17.2. The predicted octanol–water partition coefficient (Wildman–Crippen LogP) is 4.23. The van der Waals surface area contributed by atoms with Crippen LogP contribution >= 0.6 is 22.7 Å². The molecule has 1 aliphatic heterocycles. The van der Waals surface area contributed by atoms with E-state index in [9.17, 15) is 9.18 Å². The van der Waals surface area contributed by atoms with Gasteiger partial charge in [-0.15, -0.1) is 11.3 Å². The molecule has 0 unspecified atom stereocenters. The molecule has 0 spiro atoms. The number of fused-ring (bicyclic) bond motifs is 1. The molecule has 0 fully saturated rings. The second kappa shape index (κ2) is 6.91. The van der Waals surface area contributed by atoms with Crippen molar-refractivity contribution in [2.75, 3.05) is 6.79 Å². The summed E-state index contributed by atoms with van der Waals surface area (Å²) in [6.07, 6.45) is 0. The SMILES string of the molecule is O=C(OCc1cc(F)cc2c1OCOC2)c1csc(-c2ccsc2)n1. The van der Waals surface area contributed by atoms with Crippen LogP contribution in [0.15, 0.2) is 34.3 Å². The lowest BCUT2D eigenvalue weighted by Gasteiger charge is -2.20. The second-order valence-electron chi connectivity index (χ2n) is 5.29. The molecule has 25 heavy (non-hydrogen) atoms. The number of hydrogen-bond acceptors (Lipinski definition) is 7. The summed E-state index contributed by atoms with van der Waals surface area (Å²) in [7, 11) is 0. The summed E-state index contributed by atoms with van der Waals surface area (Å²) in [6.45, 7) is 0.268. The Morgan fingerprint density at radius 1 is 1.36 bits per heavy atom. The van der Waals surface area contributed by atoms with Crippen molar-refractivity contribution in [2.24, 2.45) is 0 Å². The molecule has 1 aromatic carbocycles. The average Bonchev–Trinajstić information content (AvgIpc) is 3.30. The van der Waals surface area contributed by atoms with Gasteiger partial charge in [0.25, 0.3) is 0 Å². The first kappa shape index (κ1) is 16.2. The first-order valence-corrected chi connectivity index (χ1v) is 9.20. The average molecular weight is 377 g/mol. The van der Waals surface area contributed by atoms with Gasteiger partial charge in [-0.3, -0.25) is 0 Å². The second-order valence-corrected chi connectivity index (χ2v) is 6.93. The van der Waals surface area contributed by atoms with Crippen LogP contribution in [-0.2, 0) is 22.7 Å². The number of benzene rings is 1. The number of nitrogens with zero attached hydrogens (tertiary/aromatic N) is 1. The van der Waals surface area contributed by atoms with Gasteiger partial charge in [-0.1, -0.05) is 0 Å². The van der Waals surface area contributed by atoms with Crippen LogP contribution in [0, 0.1) is 5.82 Å². The molecule has 8 heteroatoms. The third-order valence-corrected chi connectivity index (χ3v) is 5.17. The van der Waals surface area contributed by atoms with E-state index in [0.29, 0.717) is 16.9 Å². The van der Waals surface area contributed by atoms with E-state index in [-0.39, 0.29) is 25.7 Å². The topological polar surface area (TPSA) is 57.7 Å². The highest BCUT2D eigenvalue weighted by Crippen LogP contribution is 2.30. The maximum absolute atomic E-state index is 13.7. The number of thiazole rings is 1. The van der Waals surface area contributed by atoms with Crippen molar-refractivity contribution in [1.82, 2.24) is 4.98 Å². The summed E-state index contributed by atoms with van der Waals surface area (Å²) in [5.41, 5.74) is 2.29. The Balaban J connectivity index is 1.48. The molecule has 2 aromatic heterocycles. The number of rotatable bonds is 4. The Labute approximate surface area is 150 Å². The third kappa shape index (κ3) is 3.41. The highest BCUT2D eigenvalue weighted by molar-refractivity contribution is 7.14. The molecule has 3 aromatic rings. The molecular formula is C17H12FNO4S2. The van der Waals surface area contributed by atoms with Crippen LogP contribution in [0.2, 0.25) is 0 Å². The first-order chi connectivity index (χ1) is 12.2. The summed E-state index contributed by atoms with van der Waals surface area (Å²) >= 11 is 2.94. The van der Waals surface area contributed by atoms with Gasteiger partial charge in [0.2, 0.25) is 0 Å². The van der Waals surface area contributed by atoms with E-state index in [1.54, 1.807) is 16.7 Å². The summed E-state index contributed by atoms with van der Waals surface area (Å²) in [5.74, 6) is -0.465. The number of esters is 1. The van der Waals surface area contributed by atoms with Gasteiger partial charge in [-0.25, -0.2) is 14.2 Å². The van der Waals surface area contributed by atoms with E-state index >= 15 is 0 Å². The van der Waals surface area contributed by atoms with Crippen LogP contribution in [0.3, 0.4) is 0 Å². The van der Waals surface area contributed by atoms with Gasteiger partial charge in [-0.05, 0) is 23.6 Å². The van der Waals surface area contributed by atoms with Crippen LogP contribution in [-0.4, -0.2) is 17.7 Å². The van der Waals surface area contributed by atoms with Crippen molar-refractivity contribution >= 4 is 28.6 Å². The Hall–Kier alpha value is -2.29. The summed E-state index contributed by atoms with van der Waals surface area (Å²) in [6, 6.07) is 4.60. The smallest absolute Gasteiger partial charge is 0.358 e. The molecule has 0 saturated carbocycles. The maximum Gasteiger partial charge on any atom is 0.358 e. The lowest BCUT2D eigenvalue weighted by Crippen LogP contribution is -2.15. The van der Waals surface area contributed by atoms with Crippen molar-refractivity contribution in [3.8, 4) is 16.3 Å². The maximum atomic E-state index is 13.7. The fourth-order valence-corrected chi connectivity index (χ4v) is 3.97. The van der Waals surface area contributed by atoms with E-state index < -0.39 is 11.8 Å². The van der Waals surface area contributed by atoms with Crippen LogP contribution in [0.4, 0.5) is 4.39 Å². The summed E-state index contributed by atoms with van der Waals surface area (Å²) < 4.78 is 29.5. The van der Waals surface area contributed by atoms with Gasteiger partial charge in [0, 0.05) is 27.5 Å². The van der Waals surface area contributed by atoms with Crippen LogP contribution in [0.25, 0.3) is 10.6 Å². The van der Waals surface area contributed by atoms with Gasteiger partial charge in [-0.2, -0.15) is 11.3 Å². The van der Waals surface area contributed by atoms with Crippen molar-refractivity contribution in [3.63, 3.8) is 0 Å². The van der Waals surface area contributed by atoms with Crippen LogP contribution in [0.1, 0.15) is 21.6 Å². The molecule has 0 aliphatic carbocycles. The molecule has 0 radical (unpaired) electrons. The molecule has 0 saturated heterocycles. The number of carbonyl (C=O) groups excluding carboxylic acids is 1. The number of ether oxygens (including phenoxy) is 3. The largest absolute Gasteiger partial charge is 0.467 e. The monoisotopic (exact) mass is 377 g/mol. The van der Waals surface area contributed by atoms with Gasteiger partial charge < -0.3 is 14.2 Å². The van der Waals surface area contributed by atoms with Gasteiger partial charge in [0.1, 0.15) is 23.2 Å². The molecule has 0 amide bonds. The van der Waals surface area contributed by atoms with Crippen molar-refractivity contribution in [2.45, 2.75) is 13.2 Å². The molecular weight excluding hydrogens is 365 g/mol. The van der Waals surface area contributed by atoms with Crippen molar-refractivity contribution < 1.29 is 23.4 Å². The van der Waals surface area contributed by atoms with Crippen LogP contribution in [0.5, 0.6) is 5.75 Å². The predicted molar refractivity (Wildman–Crippen MR) is 91.2 cm³/mol. The molecule has 1 aliphatic rings. The fourth-order valence-electron chi connectivity index (χ4n) is 2.47. The highest BCUT2D eigenvalue weighted by atomic mass is 32.1. The first-order valence-electron chi connectivity index (χ1n) is 7.38. The number of carbonyl (C=O) groups is 1. The van der Waals surface area contributed by atoms with E-state index in [0.717, 1.165) is 10.6 Å². The molecule has 5 nitrogen and oxygen atoms in total. The summed E-state index contributed by atoms with van der Waals surface area (Å²) in [4.78, 5) is 16.5. The minimum absolute atomic E-state index is 0.0929. The highest BCUT2D eigenvalue weighted by Gasteiger charge is 2.19. The molecule has 0 bridgehead atoms. The molecule has 0 N–H and O–H groups in total. The van der Waals surface area contributed by atoms with E-state index in [1.807, 2.05) is 16.8 Å². The Morgan fingerprint density at radius 2 is 2.28 bits per heavy atom. The molecule has 3 heterocycles. The van der Waals surface area contributed by atoms with Crippen LogP contribution < -0.4 is 4.74 Å². The number of hydrogen-bond donors (Lipinski definition) is 0. The quantitative estimate of drug-likeness (QED) is 0.637. The van der Waals surface area contributed by atoms with E-state index in [4.69, 9.17) is 14.2 Å². The van der Waals surface area contributed by atoms with Gasteiger partial charge in [0.05, 0.1) is 6.61 Å². The minimum atomic E-state index is -0.553. The molecule has 0 atom stereocenters. The lowest BCUT2D eigenvalue weighted by molar-refractivity contribution is -0.0183. The standard InChI is InChI=1S/C17H12FNO4S2/c18-13-3-11-5-21-9-23-15(11)12(4-13)6-22-17(20)14-8-25-16(19-14)10-1-2-24-7-10/h1-4,7-8H,5-6,9H2. The number of aromatic nitrogens is 1. The Kier molecular flexibility index (Phi) is 4.48. The Bertz CT molecular complexity index is 908. The van der Waals surface area contributed by atoms with E-state index in [2.05, 4.69) is 4.98 Å². The van der Waals surface area contributed by atoms with Gasteiger partial charge >= 0.3 is 5.97 Å². The number of thiophene rings is 1. The summed E-state index contributed by atoms with van der Waals surface area (Å²) in [5, 5.41) is 6.33. The third-order valence-electron chi connectivity index (χ3n) is 3.59. The normalized spacial score (nSPS) is 13.2. The van der Waals surface area contributed by atoms with Crippen molar-refractivity contribution in [3.05, 3.63) is 57.0 Å². The minimum Gasteiger partial charge on any atom is -0.467 e. The molecule has 4 rings (SSSR count).